The molecule has 0 bridgehead atoms. The van der Waals surface area contributed by atoms with Crippen molar-refractivity contribution >= 4 is 56.6 Å². The van der Waals surface area contributed by atoms with E-state index in [1.165, 1.54) is 0 Å². The highest BCUT2D eigenvalue weighted by Gasteiger charge is 2.33. The van der Waals surface area contributed by atoms with E-state index in [1.807, 2.05) is 18.2 Å². The van der Waals surface area contributed by atoms with E-state index in [0.717, 1.165) is 28.1 Å². The molecule has 2 saturated heterocycles. The van der Waals surface area contributed by atoms with Crippen molar-refractivity contribution in [2.24, 2.45) is 0 Å². The van der Waals surface area contributed by atoms with Crippen molar-refractivity contribution in [1.29, 1.82) is 0 Å². The molecule has 3 heterocycles. The molecule has 2 fully saturated rings. The molecule has 1 amide bonds. The zero-order valence-corrected chi connectivity index (χ0v) is 13.8. The van der Waals surface area contributed by atoms with Crippen molar-refractivity contribution < 1.29 is 9.53 Å². The van der Waals surface area contributed by atoms with Crippen LogP contribution in [0.4, 0.5) is 0 Å². The highest BCUT2D eigenvalue weighted by Crippen LogP contribution is 2.25. The van der Waals surface area contributed by atoms with E-state index in [9.17, 15) is 4.79 Å². The van der Waals surface area contributed by atoms with Gasteiger partial charge in [-0.1, -0.05) is 0 Å². The summed E-state index contributed by atoms with van der Waals surface area (Å²) < 4.78 is 6.60. The highest BCUT2D eigenvalue weighted by molar-refractivity contribution is 9.11. The summed E-state index contributed by atoms with van der Waals surface area (Å²) >= 11 is 10.2. The van der Waals surface area contributed by atoms with Crippen LogP contribution in [0.3, 0.4) is 0 Å². The number of thiophene rings is 1. The molecule has 0 radical (unpaired) electrons. The van der Waals surface area contributed by atoms with Gasteiger partial charge in [0.05, 0.1) is 16.4 Å². The number of carbonyl (C=O) groups excluding carboxylic acids is 1. The standard InChI is InChI=1S/C13H13BrN2O2S2/c14-11-4-3-9(20-11)6-10-12(17)16(13(19)15-10)7-8-2-1-5-18-8/h3-4,6,8H,1-2,5,7H2,(H,15,19)/b10-6-/t8-/m0/s1. The molecule has 7 heteroatoms. The molecule has 1 N–H and O–H groups in total. The number of carbonyl (C=O) groups is 1. The van der Waals surface area contributed by atoms with Gasteiger partial charge >= 0.3 is 0 Å². The monoisotopic (exact) mass is 372 g/mol. The smallest absolute Gasteiger partial charge is 0.276 e. The largest absolute Gasteiger partial charge is 0.376 e. The van der Waals surface area contributed by atoms with Gasteiger partial charge in [-0.15, -0.1) is 11.3 Å². The number of ether oxygens (including phenoxy) is 1. The minimum Gasteiger partial charge on any atom is -0.376 e. The van der Waals surface area contributed by atoms with Crippen LogP contribution in [-0.2, 0) is 9.53 Å². The van der Waals surface area contributed by atoms with Crippen LogP contribution in [0.2, 0.25) is 0 Å². The molecule has 1 aromatic rings. The Labute approximate surface area is 134 Å². The number of nitrogens with one attached hydrogen (secondary N) is 1. The summed E-state index contributed by atoms with van der Waals surface area (Å²) in [4.78, 5) is 15.0. The van der Waals surface area contributed by atoms with Crippen molar-refractivity contribution in [3.8, 4) is 0 Å². The second-order valence-corrected chi connectivity index (χ2v) is 7.56. The van der Waals surface area contributed by atoms with Crippen LogP contribution in [0.15, 0.2) is 21.6 Å². The summed E-state index contributed by atoms with van der Waals surface area (Å²) in [6, 6.07) is 3.92. The first-order valence-corrected chi connectivity index (χ1v) is 8.37. The summed E-state index contributed by atoms with van der Waals surface area (Å²) in [5, 5.41) is 3.46. The van der Waals surface area contributed by atoms with Gasteiger partial charge in [-0.2, -0.15) is 0 Å². The first kappa shape index (κ1) is 14.2. The molecule has 0 saturated carbocycles. The third-order valence-corrected chi connectivity index (χ3v) is 5.15. The van der Waals surface area contributed by atoms with Crippen LogP contribution in [0.25, 0.3) is 6.08 Å². The first-order valence-electron chi connectivity index (χ1n) is 6.35. The van der Waals surface area contributed by atoms with Gasteiger partial charge in [0.25, 0.3) is 5.91 Å². The Bertz CT molecular complexity index is 579. The molecule has 4 nitrogen and oxygen atoms in total. The van der Waals surface area contributed by atoms with Gasteiger partial charge in [0.2, 0.25) is 0 Å². The summed E-state index contributed by atoms with van der Waals surface area (Å²) in [6.45, 7) is 1.31. The van der Waals surface area contributed by atoms with E-state index in [1.54, 1.807) is 16.2 Å². The molecule has 106 valence electrons. The van der Waals surface area contributed by atoms with Gasteiger partial charge in [-0.25, -0.2) is 0 Å². The topological polar surface area (TPSA) is 41.6 Å². The van der Waals surface area contributed by atoms with E-state index in [4.69, 9.17) is 17.0 Å². The van der Waals surface area contributed by atoms with Crippen molar-refractivity contribution in [2.75, 3.05) is 13.2 Å². The van der Waals surface area contributed by atoms with Crippen molar-refractivity contribution in [1.82, 2.24) is 10.2 Å². The minimum absolute atomic E-state index is 0.0741. The number of thiocarbonyl (C=S) groups is 1. The van der Waals surface area contributed by atoms with E-state index in [-0.39, 0.29) is 12.0 Å². The van der Waals surface area contributed by atoms with Crippen LogP contribution in [-0.4, -0.2) is 35.2 Å². The van der Waals surface area contributed by atoms with Crippen molar-refractivity contribution in [2.45, 2.75) is 18.9 Å². The Kier molecular flexibility index (Phi) is 4.21. The fourth-order valence-corrected chi connectivity index (χ4v) is 3.91. The lowest BCUT2D eigenvalue weighted by molar-refractivity contribution is -0.123. The molecular weight excluding hydrogens is 360 g/mol. The first-order chi connectivity index (χ1) is 9.63. The van der Waals surface area contributed by atoms with Crippen molar-refractivity contribution in [3.05, 3.63) is 26.5 Å². The summed E-state index contributed by atoms with van der Waals surface area (Å²) in [5.74, 6) is -0.0741. The molecule has 0 spiro atoms. The number of halogens is 1. The van der Waals surface area contributed by atoms with Crippen LogP contribution in [0, 0.1) is 0 Å². The number of hydrogen-bond donors (Lipinski definition) is 1. The molecule has 0 aromatic carbocycles. The molecule has 3 rings (SSSR count). The maximum Gasteiger partial charge on any atom is 0.276 e. The van der Waals surface area contributed by atoms with Gasteiger partial charge < -0.3 is 10.1 Å². The summed E-state index contributed by atoms with van der Waals surface area (Å²) in [5.41, 5.74) is 0.530. The molecule has 0 aliphatic carbocycles. The highest BCUT2D eigenvalue weighted by atomic mass is 79.9. The molecule has 20 heavy (non-hydrogen) atoms. The van der Waals surface area contributed by atoms with Crippen LogP contribution < -0.4 is 5.32 Å². The number of amides is 1. The van der Waals surface area contributed by atoms with Gasteiger partial charge in [0.15, 0.2) is 5.11 Å². The Morgan fingerprint density at radius 3 is 3.10 bits per heavy atom. The third kappa shape index (κ3) is 2.95. The Morgan fingerprint density at radius 2 is 2.45 bits per heavy atom. The molecule has 1 atom stereocenters. The van der Waals surface area contributed by atoms with Crippen LogP contribution >= 0.6 is 39.5 Å². The zero-order valence-electron chi connectivity index (χ0n) is 10.6. The number of nitrogens with zero attached hydrogens (tertiary/aromatic N) is 1. The lowest BCUT2D eigenvalue weighted by Gasteiger charge is -2.18. The molecule has 0 unspecified atom stereocenters. The number of rotatable bonds is 3. The maximum absolute atomic E-state index is 12.4. The zero-order chi connectivity index (χ0) is 14.1. The summed E-state index contributed by atoms with van der Waals surface area (Å²) in [7, 11) is 0. The van der Waals surface area contributed by atoms with E-state index in [0.29, 0.717) is 17.4 Å². The number of hydrogen-bond acceptors (Lipinski definition) is 4. The molecule has 1 aromatic heterocycles. The molecule has 2 aliphatic rings. The SMILES string of the molecule is O=C1/C(=C/c2ccc(Br)s2)NC(=S)N1C[C@@H]1CCCO1. The molecule has 2 aliphatic heterocycles. The lowest BCUT2D eigenvalue weighted by Crippen LogP contribution is -2.37. The third-order valence-electron chi connectivity index (χ3n) is 3.25. The van der Waals surface area contributed by atoms with E-state index >= 15 is 0 Å². The Balaban J connectivity index is 1.74. The predicted molar refractivity (Wildman–Crippen MR) is 86.4 cm³/mol. The van der Waals surface area contributed by atoms with Crippen LogP contribution in [0.5, 0.6) is 0 Å². The van der Waals surface area contributed by atoms with Gasteiger partial charge in [0, 0.05) is 11.5 Å². The predicted octanol–water partition coefficient (Wildman–Crippen LogP) is 2.75. The quantitative estimate of drug-likeness (QED) is 0.654. The summed E-state index contributed by atoms with van der Waals surface area (Å²) in [6.07, 6.45) is 3.98. The minimum atomic E-state index is -0.0741. The van der Waals surface area contributed by atoms with E-state index < -0.39 is 0 Å². The normalized spacial score (nSPS) is 24.8. The van der Waals surface area contributed by atoms with Gasteiger partial charge in [-0.05, 0) is 59.2 Å². The Morgan fingerprint density at radius 1 is 1.60 bits per heavy atom. The second kappa shape index (κ2) is 5.93. The van der Waals surface area contributed by atoms with E-state index in [2.05, 4.69) is 21.2 Å². The maximum atomic E-state index is 12.4. The Hall–Kier alpha value is -0.760. The average Bonchev–Trinajstić information content (AvgIpc) is 3.10. The van der Waals surface area contributed by atoms with Gasteiger partial charge in [-0.3, -0.25) is 9.69 Å². The average molecular weight is 373 g/mol. The molecular formula is C13H13BrN2O2S2. The van der Waals surface area contributed by atoms with Crippen LogP contribution in [0.1, 0.15) is 17.7 Å². The van der Waals surface area contributed by atoms with Crippen molar-refractivity contribution in [3.63, 3.8) is 0 Å². The fraction of sp³-hybridized carbons (Fsp3) is 0.385. The lowest BCUT2D eigenvalue weighted by atomic mass is 10.2. The fourth-order valence-electron chi connectivity index (χ4n) is 2.28. The second-order valence-electron chi connectivity index (χ2n) is 4.68. The van der Waals surface area contributed by atoms with Gasteiger partial charge in [0.1, 0.15) is 5.70 Å².